The number of anilines is 1. The van der Waals surface area contributed by atoms with E-state index >= 15 is 0 Å². The Morgan fingerprint density at radius 1 is 1.44 bits per heavy atom. The van der Waals surface area contributed by atoms with Crippen LogP contribution >= 0.6 is 0 Å². The molecule has 0 bridgehead atoms. The summed E-state index contributed by atoms with van der Waals surface area (Å²) < 4.78 is 1.74. The van der Waals surface area contributed by atoms with Gasteiger partial charge in [0.1, 0.15) is 0 Å². The molecule has 2 aromatic rings. The van der Waals surface area contributed by atoms with Crippen LogP contribution in [0.25, 0.3) is 5.65 Å². The Labute approximate surface area is 105 Å². The molecule has 1 amide bonds. The number of aryl methyl sites for hydroxylation is 1. The molecular weight excluding hydrogens is 230 g/mol. The van der Waals surface area contributed by atoms with Gasteiger partial charge in [0.05, 0.1) is 6.54 Å². The highest BCUT2D eigenvalue weighted by molar-refractivity contribution is 5.80. The Bertz CT molecular complexity index is 548. The first-order valence-electron chi connectivity index (χ1n) is 6.03. The van der Waals surface area contributed by atoms with Crippen LogP contribution in [0.3, 0.4) is 0 Å². The first-order valence-corrected chi connectivity index (χ1v) is 6.03. The van der Waals surface area contributed by atoms with Crippen LogP contribution in [0.5, 0.6) is 0 Å². The predicted octanol–water partition coefficient (Wildman–Crippen LogP) is 0.976. The fourth-order valence-electron chi connectivity index (χ4n) is 1.60. The third-order valence-electron chi connectivity index (χ3n) is 2.53. The maximum atomic E-state index is 11.4. The lowest BCUT2D eigenvalue weighted by Crippen LogP contribution is -2.30. The Kier molecular flexibility index (Phi) is 3.76. The smallest absolute Gasteiger partial charge is 0.243 e. The highest BCUT2D eigenvalue weighted by atomic mass is 16.1. The molecule has 2 N–H and O–H groups in total. The minimum absolute atomic E-state index is 0.0487. The van der Waals surface area contributed by atoms with E-state index in [1.807, 2.05) is 32.0 Å². The van der Waals surface area contributed by atoms with Crippen molar-refractivity contribution in [1.82, 2.24) is 19.9 Å². The number of carbonyl (C=O) groups excluding carboxylic acids is 1. The van der Waals surface area contributed by atoms with Crippen molar-refractivity contribution in [3.63, 3.8) is 0 Å². The maximum Gasteiger partial charge on any atom is 0.243 e. The quantitative estimate of drug-likeness (QED) is 0.826. The lowest BCUT2D eigenvalue weighted by molar-refractivity contribution is -0.119. The number of amides is 1. The predicted molar refractivity (Wildman–Crippen MR) is 69.5 cm³/mol. The Balaban J connectivity index is 2.00. The van der Waals surface area contributed by atoms with Gasteiger partial charge in [0.2, 0.25) is 11.9 Å². The van der Waals surface area contributed by atoms with E-state index in [0.29, 0.717) is 12.5 Å². The van der Waals surface area contributed by atoms with Gasteiger partial charge >= 0.3 is 0 Å². The summed E-state index contributed by atoms with van der Waals surface area (Å²) in [5.74, 6) is 0.420. The number of pyridine rings is 1. The van der Waals surface area contributed by atoms with Crippen molar-refractivity contribution in [1.29, 1.82) is 0 Å². The van der Waals surface area contributed by atoms with Gasteiger partial charge in [-0.05, 0) is 25.5 Å². The van der Waals surface area contributed by atoms with Gasteiger partial charge in [0.15, 0.2) is 5.65 Å². The zero-order chi connectivity index (χ0) is 13.0. The van der Waals surface area contributed by atoms with E-state index in [2.05, 4.69) is 20.7 Å². The molecule has 18 heavy (non-hydrogen) atoms. The molecule has 0 unspecified atom stereocenters. The van der Waals surface area contributed by atoms with Crippen LogP contribution in [0.4, 0.5) is 5.95 Å². The Morgan fingerprint density at radius 2 is 2.28 bits per heavy atom. The second-order valence-electron chi connectivity index (χ2n) is 4.08. The number of rotatable bonds is 5. The molecule has 6 heteroatoms. The van der Waals surface area contributed by atoms with E-state index in [-0.39, 0.29) is 12.5 Å². The molecule has 0 aliphatic carbocycles. The zero-order valence-corrected chi connectivity index (χ0v) is 10.6. The number of nitrogens with one attached hydrogen (secondary N) is 2. The summed E-state index contributed by atoms with van der Waals surface area (Å²) >= 11 is 0. The largest absolute Gasteiger partial charge is 0.355 e. The highest BCUT2D eigenvalue weighted by Gasteiger charge is 2.06. The molecule has 0 radical (unpaired) electrons. The molecule has 0 aromatic carbocycles. The third-order valence-corrected chi connectivity index (χ3v) is 2.53. The van der Waals surface area contributed by atoms with Gasteiger partial charge in [-0.3, -0.25) is 4.79 Å². The first-order chi connectivity index (χ1) is 8.70. The molecule has 2 heterocycles. The molecular formula is C12H17N5O. The standard InChI is InChI=1S/C12H17N5O/c1-3-7-13-11(18)8-14-12-15-10-6-4-5-9(2)17(10)16-12/h4-6H,3,7-8H2,1-2H3,(H,13,18)(H,14,16). The lowest BCUT2D eigenvalue weighted by Gasteiger charge is -2.02. The second-order valence-corrected chi connectivity index (χ2v) is 4.08. The van der Waals surface area contributed by atoms with Crippen LogP contribution in [0.2, 0.25) is 0 Å². The third kappa shape index (κ3) is 2.77. The van der Waals surface area contributed by atoms with Crippen molar-refractivity contribution in [2.45, 2.75) is 20.3 Å². The van der Waals surface area contributed by atoms with E-state index in [4.69, 9.17) is 0 Å². The molecule has 2 aromatic heterocycles. The second kappa shape index (κ2) is 5.48. The Hall–Kier alpha value is -2.11. The van der Waals surface area contributed by atoms with Gasteiger partial charge in [-0.1, -0.05) is 13.0 Å². The molecule has 0 saturated carbocycles. The molecule has 0 aliphatic rings. The van der Waals surface area contributed by atoms with Crippen LogP contribution in [0.15, 0.2) is 18.2 Å². The molecule has 2 rings (SSSR count). The zero-order valence-electron chi connectivity index (χ0n) is 10.6. The number of fused-ring (bicyclic) bond motifs is 1. The maximum absolute atomic E-state index is 11.4. The van der Waals surface area contributed by atoms with Gasteiger partial charge in [0, 0.05) is 12.2 Å². The lowest BCUT2D eigenvalue weighted by atomic mass is 10.4. The number of hydrogen-bond donors (Lipinski definition) is 2. The Morgan fingerprint density at radius 3 is 3.00 bits per heavy atom. The molecule has 0 spiro atoms. The van der Waals surface area contributed by atoms with Crippen molar-refractivity contribution < 1.29 is 4.79 Å². The van der Waals surface area contributed by atoms with E-state index in [1.54, 1.807) is 4.52 Å². The van der Waals surface area contributed by atoms with Crippen LogP contribution in [-0.4, -0.2) is 33.6 Å². The minimum Gasteiger partial charge on any atom is -0.355 e. The average molecular weight is 247 g/mol. The van der Waals surface area contributed by atoms with Crippen LogP contribution in [0, 0.1) is 6.92 Å². The average Bonchev–Trinajstić information content (AvgIpc) is 2.78. The van der Waals surface area contributed by atoms with E-state index in [1.165, 1.54) is 0 Å². The highest BCUT2D eigenvalue weighted by Crippen LogP contribution is 2.07. The van der Waals surface area contributed by atoms with Crippen molar-refractivity contribution in [2.75, 3.05) is 18.4 Å². The van der Waals surface area contributed by atoms with Gasteiger partial charge in [-0.15, -0.1) is 5.10 Å². The van der Waals surface area contributed by atoms with Gasteiger partial charge in [-0.2, -0.15) is 4.98 Å². The summed E-state index contributed by atoms with van der Waals surface area (Å²) in [4.78, 5) is 15.7. The van der Waals surface area contributed by atoms with Crippen molar-refractivity contribution >= 4 is 17.5 Å². The summed E-state index contributed by atoms with van der Waals surface area (Å²) in [5.41, 5.74) is 1.77. The topological polar surface area (TPSA) is 71.3 Å². The fraction of sp³-hybridized carbons (Fsp3) is 0.417. The van der Waals surface area contributed by atoms with E-state index in [9.17, 15) is 4.79 Å². The van der Waals surface area contributed by atoms with Crippen LogP contribution in [0.1, 0.15) is 19.0 Å². The summed E-state index contributed by atoms with van der Waals surface area (Å²) in [6.07, 6.45) is 0.928. The molecule has 0 aliphatic heterocycles. The normalized spacial score (nSPS) is 10.6. The first kappa shape index (κ1) is 12.3. The molecule has 0 saturated heterocycles. The van der Waals surface area contributed by atoms with Crippen LogP contribution in [-0.2, 0) is 4.79 Å². The summed E-state index contributed by atoms with van der Waals surface area (Å²) in [6.45, 7) is 4.85. The fourth-order valence-corrected chi connectivity index (χ4v) is 1.60. The molecule has 0 atom stereocenters. The monoisotopic (exact) mass is 247 g/mol. The molecule has 6 nitrogen and oxygen atoms in total. The van der Waals surface area contributed by atoms with E-state index < -0.39 is 0 Å². The van der Waals surface area contributed by atoms with Gasteiger partial charge < -0.3 is 10.6 Å². The minimum atomic E-state index is -0.0487. The summed E-state index contributed by atoms with van der Waals surface area (Å²) in [5, 5.41) is 9.98. The van der Waals surface area contributed by atoms with Gasteiger partial charge in [-0.25, -0.2) is 4.52 Å². The number of hydrogen-bond acceptors (Lipinski definition) is 4. The molecule has 0 fully saturated rings. The van der Waals surface area contributed by atoms with Crippen LogP contribution < -0.4 is 10.6 Å². The molecule has 96 valence electrons. The summed E-state index contributed by atoms with van der Waals surface area (Å²) in [6, 6.07) is 5.76. The number of nitrogens with zero attached hydrogens (tertiary/aromatic N) is 3. The van der Waals surface area contributed by atoms with Crippen molar-refractivity contribution in [2.24, 2.45) is 0 Å². The summed E-state index contributed by atoms with van der Waals surface area (Å²) in [7, 11) is 0. The SMILES string of the molecule is CCCNC(=O)CNc1nc2cccc(C)n2n1. The van der Waals surface area contributed by atoms with E-state index in [0.717, 1.165) is 17.8 Å². The number of carbonyl (C=O) groups is 1. The van der Waals surface area contributed by atoms with Crippen molar-refractivity contribution in [3.8, 4) is 0 Å². The van der Waals surface area contributed by atoms with Gasteiger partial charge in [0.25, 0.3) is 0 Å². The van der Waals surface area contributed by atoms with Crippen molar-refractivity contribution in [3.05, 3.63) is 23.9 Å². The number of aromatic nitrogens is 3.